The minimum atomic E-state index is -1.28. The van der Waals surface area contributed by atoms with E-state index >= 15 is 0 Å². The molecular formula is C49H45B33. The maximum Gasteiger partial charge on any atom is 0.113 e. The third kappa shape index (κ3) is 10.4. The summed E-state index contributed by atoms with van der Waals surface area (Å²) in [5.74, 6) is 0. The molecule has 0 saturated heterocycles. The Morgan fingerprint density at radius 3 is 1.10 bits per heavy atom. The highest BCUT2D eigenvalue weighted by atomic mass is 14.3. The number of benzene rings is 7. The molecular weight excluding hydrogens is 945 g/mol. The Bertz CT molecular complexity index is 3730. The van der Waals surface area contributed by atoms with Crippen molar-refractivity contribution in [2.24, 2.45) is 0 Å². The van der Waals surface area contributed by atoms with Gasteiger partial charge in [-0.15, -0.1) is 10.9 Å². The van der Waals surface area contributed by atoms with Gasteiger partial charge in [0, 0.05) is 191 Å². The van der Waals surface area contributed by atoms with Gasteiger partial charge in [-0.1, -0.05) is 27.3 Å². The second kappa shape index (κ2) is 25.4. The van der Waals surface area contributed by atoms with Gasteiger partial charge in [-0.3, -0.25) is 0 Å². The molecule has 0 N–H and O–H groups in total. The Morgan fingerprint density at radius 1 is 0.280 bits per heavy atom. The Balaban J connectivity index is 2.02. The lowest BCUT2D eigenvalue weighted by molar-refractivity contribution is 1.23. The van der Waals surface area contributed by atoms with E-state index in [1.165, 1.54) is 106 Å². The van der Waals surface area contributed by atoms with E-state index in [9.17, 15) is 0 Å². The summed E-state index contributed by atoms with van der Waals surface area (Å²) in [7, 11) is 130. The molecule has 0 aliphatic carbocycles. The molecule has 40 radical (unpaired) electrons. The monoisotopic (exact) mass is 997 g/mol. The van der Waals surface area contributed by atoms with Gasteiger partial charge >= 0.3 is 0 Å². The largest absolute Gasteiger partial charge is 0.113 e. The first kappa shape index (κ1) is 67.2. The lowest BCUT2D eigenvalue weighted by atomic mass is 8.66. The molecule has 0 aliphatic heterocycles. The number of aryl methyl sites for hydroxylation is 8. The van der Waals surface area contributed by atoms with Crippen LogP contribution in [0.3, 0.4) is 0 Å². The van der Waals surface area contributed by atoms with Gasteiger partial charge < -0.3 is 0 Å². The minimum absolute atomic E-state index is 0.133. The second-order valence-electron chi connectivity index (χ2n) is 23.6. The lowest BCUT2D eigenvalue weighted by Gasteiger charge is -2.42. The van der Waals surface area contributed by atoms with E-state index in [2.05, 4.69) is 104 Å². The second-order valence-corrected chi connectivity index (χ2v) is 23.6. The van der Waals surface area contributed by atoms with Crippen LogP contribution in [0, 0.1) is 104 Å². The smallest absolute Gasteiger partial charge is 0.113 e. The van der Waals surface area contributed by atoms with Crippen molar-refractivity contribution in [3.05, 3.63) is 83.5 Å². The SMILES string of the molecule is [B][B]B([B])B(B([B])[B])c1c(B(B([B])[B])B([B])[B])c(B([B][B])B([B])[B])c(B([B])B([B])[B])c2c(B([B])[B][B])c(-c3c(C)c(C)c(C)c4c(-c5c(C)c(C)c6c(C)c(C)c(C)c(C)c6c5C)c5c(C)c(C)c(C)c(C)c5c(C)c34)c([B][B])c([B])c12. The third-order valence-corrected chi connectivity index (χ3v) is 19.5. The molecule has 0 bridgehead atoms. The predicted molar refractivity (Wildman–Crippen MR) is 406 cm³/mol. The molecule has 0 amide bonds. The number of hydrogen-bond acceptors (Lipinski definition) is 0. The fourth-order valence-electron chi connectivity index (χ4n) is 14.4. The summed E-state index contributed by atoms with van der Waals surface area (Å²) in [5, 5.41) is 7.48. The Labute approximate surface area is 525 Å². The highest BCUT2D eigenvalue weighted by Crippen LogP contribution is 2.52. The minimum Gasteiger partial charge on any atom is -0.113 e. The van der Waals surface area contributed by atoms with Crippen LogP contribution >= 0.6 is 0 Å². The van der Waals surface area contributed by atoms with Gasteiger partial charge in [0.25, 0.3) is 0 Å². The van der Waals surface area contributed by atoms with Crippen LogP contribution in [0.25, 0.3) is 65.3 Å². The first-order valence-electron chi connectivity index (χ1n) is 28.2. The summed E-state index contributed by atoms with van der Waals surface area (Å²) in [6.45, 7) is 27.6. The molecule has 7 aromatic rings. The van der Waals surface area contributed by atoms with Gasteiger partial charge in [0.1, 0.15) is 7.85 Å². The van der Waals surface area contributed by atoms with Crippen molar-refractivity contribution in [2.75, 3.05) is 0 Å². The maximum atomic E-state index is 7.93. The molecule has 0 aliphatic rings. The van der Waals surface area contributed by atoms with Crippen LogP contribution < -0.4 is 38.2 Å². The van der Waals surface area contributed by atoms with Crippen molar-refractivity contribution in [3.8, 4) is 22.3 Å². The molecule has 0 atom stereocenters. The van der Waals surface area contributed by atoms with Crippen LogP contribution in [-0.2, 0) is 0 Å². The first-order chi connectivity index (χ1) is 38.2. The van der Waals surface area contributed by atoms with E-state index in [1.54, 1.807) is 0 Å². The topological polar surface area (TPSA) is 0 Å². The maximum absolute atomic E-state index is 7.93. The van der Waals surface area contributed by atoms with E-state index < -0.39 is 70.8 Å². The molecule has 340 valence electrons. The number of rotatable bonds is 17. The number of hydrogen-bond donors (Lipinski definition) is 0. The van der Waals surface area contributed by atoms with Crippen molar-refractivity contribution in [1.82, 2.24) is 0 Å². The van der Waals surface area contributed by atoms with Gasteiger partial charge in [-0.2, -0.15) is 0 Å². The zero-order valence-corrected chi connectivity index (χ0v) is 51.1. The first-order valence-corrected chi connectivity index (χ1v) is 28.2. The molecule has 82 heavy (non-hydrogen) atoms. The summed E-state index contributed by atoms with van der Waals surface area (Å²) >= 11 is 0. The molecule has 0 spiro atoms. The summed E-state index contributed by atoms with van der Waals surface area (Å²) in [6, 6.07) is 0. The van der Waals surface area contributed by atoms with Crippen molar-refractivity contribution in [3.63, 3.8) is 0 Å². The Morgan fingerprint density at radius 2 is 0.683 bits per heavy atom. The summed E-state index contributed by atoms with van der Waals surface area (Å²) in [5.41, 5.74) is 23.2. The lowest BCUT2D eigenvalue weighted by Crippen LogP contribution is -2.80. The van der Waals surface area contributed by atoms with Crippen molar-refractivity contribution < 1.29 is 0 Å². The highest BCUT2D eigenvalue weighted by molar-refractivity contribution is 7.89. The van der Waals surface area contributed by atoms with Gasteiger partial charge in [0.05, 0.1) is 39.6 Å². The van der Waals surface area contributed by atoms with E-state index in [-0.39, 0.29) is 27.2 Å². The zero-order valence-electron chi connectivity index (χ0n) is 51.1. The summed E-state index contributed by atoms with van der Waals surface area (Å²) < 4.78 is 0. The molecule has 0 fully saturated rings. The van der Waals surface area contributed by atoms with E-state index in [0.29, 0.717) is 27.3 Å². The normalized spacial score (nSPS) is 11.3. The van der Waals surface area contributed by atoms with Gasteiger partial charge in [0.15, 0.2) is 0 Å². The third-order valence-electron chi connectivity index (χ3n) is 19.5. The van der Waals surface area contributed by atoms with Gasteiger partial charge in [-0.05, 0) is 253 Å². The van der Waals surface area contributed by atoms with Crippen LogP contribution in [-0.4, -0.2) is 239 Å². The molecule has 0 nitrogen and oxygen atoms in total. The van der Waals surface area contributed by atoms with Crippen molar-refractivity contribution in [1.29, 1.82) is 0 Å². The number of fused-ring (bicyclic) bond motifs is 4. The zero-order chi connectivity index (χ0) is 61.8. The molecule has 0 unspecified atom stereocenters. The van der Waals surface area contributed by atoms with Crippen LogP contribution in [0.2, 0.25) is 0 Å². The standard InChI is InChI=1S/C49H45B33/c1-16-17(2)22(7)32-29(14)34(28(13)27(12)31(32)21(16)6)39-35-24(9)19(4)18(3)23(8)33(35)30(15)38-36(39)25(10)20(5)26(11)37(38)41-44(68-51)43(50)40-42(45(41)72(55)69-52)46(73(56)77(57)58)48(74(70-53)78(59)60)49(75(79(61)62)80(63)64)47(40)76(81(65)66)82(67)71-54/h1-15H3. The molecule has 0 aromatic heterocycles. The molecule has 0 saturated carbocycles. The van der Waals surface area contributed by atoms with Crippen LogP contribution in [0.4, 0.5) is 0 Å². The fraction of sp³-hybridized carbons (Fsp3) is 0.306. The van der Waals surface area contributed by atoms with E-state index in [1.807, 2.05) is 0 Å². The Hall–Kier alpha value is -2.28. The molecule has 33 heteroatoms. The molecule has 7 rings (SSSR count). The quantitative estimate of drug-likeness (QED) is 0.0645. The highest BCUT2D eigenvalue weighted by Gasteiger charge is 2.42. The van der Waals surface area contributed by atoms with E-state index in [4.69, 9.17) is 139 Å². The average Bonchev–Trinajstić information content (AvgIpc) is 1.96. The fourth-order valence-corrected chi connectivity index (χ4v) is 14.4. The van der Waals surface area contributed by atoms with Crippen LogP contribution in [0.1, 0.15) is 83.5 Å². The average molecular weight is 991 g/mol. The van der Waals surface area contributed by atoms with Crippen molar-refractivity contribution >= 4 is 320 Å². The Kier molecular flexibility index (Phi) is 20.9. The predicted octanol–water partition coefficient (Wildman–Crippen LogP) is -4.08. The van der Waals surface area contributed by atoms with Crippen molar-refractivity contribution in [2.45, 2.75) is 104 Å². The summed E-state index contributed by atoms with van der Waals surface area (Å²) in [4.78, 5) is 0. The summed E-state index contributed by atoms with van der Waals surface area (Å²) in [6.07, 6.45) is -7.39. The van der Waals surface area contributed by atoms with E-state index in [0.717, 1.165) is 55.1 Å². The van der Waals surface area contributed by atoms with Gasteiger partial charge in [0.2, 0.25) is 0 Å². The molecule has 0 heterocycles. The molecule has 7 aromatic carbocycles. The van der Waals surface area contributed by atoms with Gasteiger partial charge in [-0.25, -0.2) is 0 Å². The van der Waals surface area contributed by atoms with Crippen LogP contribution in [0.15, 0.2) is 0 Å². The van der Waals surface area contributed by atoms with Crippen LogP contribution in [0.5, 0.6) is 0 Å².